The van der Waals surface area contributed by atoms with Crippen LogP contribution in [0.5, 0.6) is 0 Å². The lowest BCUT2D eigenvalue weighted by atomic mass is 10.0. The maximum Gasteiger partial charge on any atom is -0.0225 e. The molecule has 13 heavy (non-hydrogen) atoms. The van der Waals surface area contributed by atoms with Crippen LogP contribution in [-0.2, 0) is 0 Å². The largest absolute Gasteiger partial charge is 0.0961 e. The van der Waals surface area contributed by atoms with Crippen LogP contribution in [0.4, 0.5) is 0 Å². The third-order valence-corrected chi connectivity index (χ3v) is 2.19. The normalized spacial score (nSPS) is 10.7. The number of aryl methyl sites for hydroxylation is 1. The summed E-state index contributed by atoms with van der Waals surface area (Å²) in [5, 5.41) is 0. The zero-order valence-electron chi connectivity index (χ0n) is 8.59. The highest BCUT2D eigenvalue weighted by Crippen LogP contribution is 2.14. The van der Waals surface area contributed by atoms with Gasteiger partial charge in [0.15, 0.2) is 0 Å². The number of rotatable bonds is 2. The first-order valence-corrected chi connectivity index (χ1v) is 4.51. The molecular formula is C13H16. The summed E-state index contributed by atoms with van der Waals surface area (Å²) in [5.74, 6) is 0. The molecule has 0 radical (unpaired) electrons. The van der Waals surface area contributed by atoms with Crippen LogP contribution < -0.4 is 0 Å². The van der Waals surface area contributed by atoms with Gasteiger partial charge >= 0.3 is 0 Å². The van der Waals surface area contributed by atoms with Gasteiger partial charge in [-0.15, -0.1) is 0 Å². The second-order valence-electron chi connectivity index (χ2n) is 3.47. The number of allylic oxidation sites excluding steroid dienone is 2. The Kier molecular flexibility index (Phi) is 3.07. The van der Waals surface area contributed by atoms with Gasteiger partial charge in [0.05, 0.1) is 0 Å². The van der Waals surface area contributed by atoms with Crippen molar-refractivity contribution in [2.75, 3.05) is 0 Å². The van der Waals surface area contributed by atoms with E-state index in [2.05, 4.69) is 44.7 Å². The third-order valence-electron chi connectivity index (χ3n) is 2.19. The minimum absolute atomic E-state index is 1.08. The average Bonchev–Trinajstić information content (AvgIpc) is 2.07. The summed E-state index contributed by atoms with van der Waals surface area (Å²) < 4.78 is 0. The van der Waals surface area contributed by atoms with E-state index in [1.54, 1.807) is 0 Å². The van der Waals surface area contributed by atoms with Gasteiger partial charge in [0.1, 0.15) is 0 Å². The summed E-state index contributed by atoms with van der Waals surface area (Å²) in [6, 6.07) is 6.34. The van der Waals surface area contributed by atoms with Gasteiger partial charge in [0, 0.05) is 0 Å². The summed E-state index contributed by atoms with van der Waals surface area (Å²) in [4.78, 5) is 0. The van der Waals surface area contributed by atoms with Crippen molar-refractivity contribution in [1.82, 2.24) is 0 Å². The molecule has 0 bridgehead atoms. The SMILES string of the molecule is C=C(C)/C=C\c1cccc(C)c1C. The van der Waals surface area contributed by atoms with E-state index in [0.29, 0.717) is 0 Å². The smallest absolute Gasteiger partial charge is 0.0225 e. The summed E-state index contributed by atoms with van der Waals surface area (Å²) in [6.45, 7) is 10.1. The Hall–Kier alpha value is -1.30. The minimum Gasteiger partial charge on any atom is -0.0961 e. The van der Waals surface area contributed by atoms with Gasteiger partial charge in [-0.25, -0.2) is 0 Å². The standard InChI is InChI=1S/C13H16/c1-10(2)8-9-13-7-5-6-11(3)12(13)4/h5-9H,1H2,2-4H3/b9-8-. The Balaban J connectivity index is 3.02. The van der Waals surface area contributed by atoms with Gasteiger partial charge in [0.2, 0.25) is 0 Å². The first-order chi connectivity index (χ1) is 6.11. The van der Waals surface area contributed by atoms with Crippen LogP contribution in [0.25, 0.3) is 6.08 Å². The van der Waals surface area contributed by atoms with Crippen LogP contribution in [0.15, 0.2) is 36.4 Å². The molecule has 0 atom stereocenters. The van der Waals surface area contributed by atoms with E-state index in [-0.39, 0.29) is 0 Å². The fraction of sp³-hybridized carbons (Fsp3) is 0.231. The third kappa shape index (κ3) is 2.59. The molecule has 0 heterocycles. The van der Waals surface area contributed by atoms with Crippen molar-refractivity contribution in [2.45, 2.75) is 20.8 Å². The highest BCUT2D eigenvalue weighted by molar-refractivity contribution is 5.57. The van der Waals surface area contributed by atoms with Crippen molar-refractivity contribution in [2.24, 2.45) is 0 Å². The van der Waals surface area contributed by atoms with Gasteiger partial charge < -0.3 is 0 Å². The van der Waals surface area contributed by atoms with E-state index in [1.165, 1.54) is 16.7 Å². The highest BCUT2D eigenvalue weighted by Gasteiger charge is 1.95. The van der Waals surface area contributed by atoms with Crippen molar-refractivity contribution >= 4 is 6.08 Å². The second kappa shape index (κ2) is 4.08. The van der Waals surface area contributed by atoms with Crippen LogP contribution in [0.2, 0.25) is 0 Å². The van der Waals surface area contributed by atoms with Crippen molar-refractivity contribution in [3.05, 3.63) is 53.1 Å². The Morgan fingerprint density at radius 2 is 2.00 bits per heavy atom. The predicted octanol–water partition coefficient (Wildman–Crippen LogP) is 3.89. The quantitative estimate of drug-likeness (QED) is 0.594. The zero-order valence-corrected chi connectivity index (χ0v) is 8.59. The number of hydrogen-bond donors (Lipinski definition) is 0. The van der Waals surface area contributed by atoms with E-state index in [4.69, 9.17) is 0 Å². The van der Waals surface area contributed by atoms with Crippen LogP contribution in [-0.4, -0.2) is 0 Å². The molecular weight excluding hydrogens is 156 g/mol. The van der Waals surface area contributed by atoms with E-state index in [0.717, 1.165) is 5.57 Å². The molecule has 1 rings (SSSR count). The van der Waals surface area contributed by atoms with E-state index in [1.807, 2.05) is 13.0 Å². The summed E-state index contributed by atoms with van der Waals surface area (Å²) >= 11 is 0. The predicted molar refractivity (Wildman–Crippen MR) is 59.8 cm³/mol. The molecule has 0 amide bonds. The number of benzene rings is 1. The molecule has 0 saturated carbocycles. The maximum absolute atomic E-state index is 3.84. The fourth-order valence-corrected chi connectivity index (χ4v) is 1.19. The molecule has 0 N–H and O–H groups in total. The van der Waals surface area contributed by atoms with E-state index in [9.17, 15) is 0 Å². The molecule has 0 saturated heterocycles. The number of hydrogen-bond acceptors (Lipinski definition) is 0. The van der Waals surface area contributed by atoms with Crippen molar-refractivity contribution in [3.8, 4) is 0 Å². The van der Waals surface area contributed by atoms with Crippen molar-refractivity contribution < 1.29 is 0 Å². The monoisotopic (exact) mass is 172 g/mol. The Morgan fingerprint density at radius 3 is 2.62 bits per heavy atom. The molecule has 0 spiro atoms. The summed E-state index contributed by atoms with van der Waals surface area (Å²) in [5.41, 5.74) is 5.05. The van der Waals surface area contributed by atoms with Gasteiger partial charge in [-0.1, -0.05) is 42.5 Å². The average molecular weight is 172 g/mol. The highest BCUT2D eigenvalue weighted by atomic mass is 14.0. The minimum atomic E-state index is 1.08. The van der Waals surface area contributed by atoms with Crippen LogP contribution in [0.1, 0.15) is 23.6 Å². The molecule has 0 aliphatic rings. The molecule has 0 fully saturated rings. The van der Waals surface area contributed by atoms with Crippen molar-refractivity contribution in [1.29, 1.82) is 0 Å². The lowest BCUT2D eigenvalue weighted by molar-refractivity contribution is 1.32. The lowest BCUT2D eigenvalue weighted by Crippen LogP contribution is -1.84. The maximum atomic E-state index is 3.84. The Morgan fingerprint density at radius 1 is 1.31 bits per heavy atom. The first kappa shape index (κ1) is 9.79. The Bertz CT molecular complexity index is 343. The Labute approximate surface area is 80.6 Å². The van der Waals surface area contributed by atoms with Crippen LogP contribution in [0, 0.1) is 13.8 Å². The molecule has 0 aliphatic heterocycles. The molecule has 0 aliphatic carbocycles. The molecule has 68 valence electrons. The van der Waals surface area contributed by atoms with Gasteiger partial charge in [0.25, 0.3) is 0 Å². The zero-order chi connectivity index (χ0) is 9.84. The second-order valence-corrected chi connectivity index (χ2v) is 3.47. The molecule has 1 aromatic rings. The molecule has 0 aromatic heterocycles. The van der Waals surface area contributed by atoms with E-state index >= 15 is 0 Å². The van der Waals surface area contributed by atoms with Crippen LogP contribution >= 0.6 is 0 Å². The van der Waals surface area contributed by atoms with E-state index < -0.39 is 0 Å². The summed E-state index contributed by atoms with van der Waals surface area (Å²) in [6.07, 6.45) is 4.16. The van der Waals surface area contributed by atoms with Gasteiger partial charge in [-0.2, -0.15) is 0 Å². The first-order valence-electron chi connectivity index (χ1n) is 4.51. The fourth-order valence-electron chi connectivity index (χ4n) is 1.19. The molecule has 0 nitrogen and oxygen atoms in total. The molecule has 1 aromatic carbocycles. The molecule has 0 unspecified atom stereocenters. The molecule has 0 heteroatoms. The van der Waals surface area contributed by atoms with Crippen LogP contribution in [0.3, 0.4) is 0 Å². The van der Waals surface area contributed by atoms with Crippen molar-refractivity contribution in [3.63, 3.8) is 0 Å². The van der Waals surface area contributed by atoms with Gasteiger partial charge in [-0.05, 0) is 37.5 Å². The summed E-state index contributed by atoms with van der Waals surface area (Å²) in [7, 11) is 0. The van der Waals surface area contributed by atoms with Gasteiger partial charge in [-0.3, -0.25) is 0 Å². The lowest BCUT2D eigenvalue weighted by Gasteiger charge is -2.03. The topological polar surface area (TPSA) is 0 Å².